The molecule has 1 aromatic heterocycles. The van der Waals surface area contributed by atoms with E-state index in [0.717, 1.165) is 12.1 Å². The van der Waals surface area contributed by atoms with Gasteiger partial charge in [0.2, 0.25) is 0 Å². The zero-order valence-corrected chi connectivity index (χ0v) is 12.2. The Morgan fingerprint density at radius 2 is 2.04 bits per heavy atom. The minimum absolute atomic E-state index is 0.112. The van der Waals surface area contributed by atoms with Gasteiger partial charge in [-0.15, -0.1) is 0 Å². The number of hydrogen-bond acceptors (Lipinski definition) is 4. The Balaban J connectivity index is 1.81. The SMILES string of the molecule is O=C(Nc1ccc(-n2cccn2)c(F)c1)c1cccc([N+](=O)[O-])c1. The van der Waals surface area contributed by atoms with E-state index in [1.165, 1.54) is 41.2 Å². The van der Waals surface area contributed by atoms with Crippen molar-refractivity contribution in [3.63, 3.8) is 0 Å². The second-order valence-corrected chi connectivity index (χ2v) is 4.88. The van der Waals surface area contributed by atoms with Gasteiger partial charge in [0.25, 0.3) is 11.6 Å². The number of hydrogen-bond donors (Lipinski definition) is 1. The average Bonchev–Trinajstić information content (AvgIpc) is 3.09. The summed E-state index contributed by atoms with van der Waals surface area (Å²) in [7, 11) is 0. The zero-order valence-electron chi connectivity index (χ0n) is 12.2. The fourth-order valence-electron chi connectivity index (χ4n) is 2.15. The van der Waals surface area contributed by atoms with Crippen LogP contribution >= 0.6 is 0 Å². The first-order valence-electron chi connectivity index (χ1n) is 6.90. The summed E-state index contributed by atoms with van der Waals surface area (Å²) in [6.45, 7) is 0. The van der Waals surface area contributed by atoms with Crippen molar-refractivity contribution in [1.29, 1.82) is 0 Å². The minimum Gasteiger partial charge on any atom is -0.322 e. The number of amides is 1. The summed E-state index contributed by atoms with van der Waals surface area (Å²) in [6, 6.07) is 11.1. The van der Waals surface area contributed by atoms with E-state index in [9.17, 15) is 19.3 Å². The number of anilines is 1. The smallest absolute Gasteiger partial charge is 0.270 e. The van der Waals surface area contributed by atoms with E-state index in [1.54, 1.807) is 12.3 Å². The highest BCUT2D eigenvalue weighted by molar-refractivity contribution is 6.04. The topological polar surface area (TPSA) is 90.1 Å². The lowest BCUT2D eigenvalue weighted by Gasteiger charge is -2.08. The highest BCUT2D eigenvalue weighted by atomic mass is 19.1. The van der Waals surface area contributed by atoms with Gasteiger partial charge < -0.3 is 5.32 Å². The molecule has 3 rings (SSSR count). The molecule has 0 atom stereocenters. The molecule has 8 heteroatoms. The summed E-state index contributed by atoms with van der Waals surface area (Å²) in [5, 5.41) is 17.2. The maximum absolute atomic E-state index is 14.1. The highest BCUT2D eigenvalue weighted by Gasteiger charge is 2.13. The molecule has 0 aliphatic rings. The molecule has 0 spiro atoms. The molecule has 7 nitrogen and oxygen atoms in total. The number of nitro groups is 1. The van der Waals surface area contributed by atoms with Crippen LogP contribution in [0.5, 0.6) is 0 Å². The van der Waals surface area contributed by atoms with E-state index >= 15 is 0 Å². The lowest BCUT2D eigenvalue weighted by Crippen LogP contribution is -2.12. The summed E-state index contributed by atoms with van der Waals surface area (Å²) >= 11 is 0. The average molecular weight is 326 g/mol. The number of non-ortho nitro benzene ring substituents is 1. The van der Waals surface area contributed by atoms with Crippen molar-refractivity contribution in [3.05, 3.63) is 82.4 Å². The number of benzene rings is 2. The second kappa shape index (κ2) is 6.29. The first-order chi connectivity index (χ1) is 11.5. The Morgan fingerprint density at radius 1 is 1.21 bits per heavy atom. The van der Waals surface area contributed by atoms with Gasteiger partial charge >= 0.3 is 0 Å². The Bertz CT molecular complexity index is 909. The number of nitrogens with zero attached hydrogens (tertiary/aromatic N) is 3. The molecule has 0 fully saturated rings. The normalized spacial score (nSPS) is 10.4. The van der Waals surface area contributed by atoms with Crippen LogP contribution in [0.25, 0.3) is 5.69 Å². The molecule has 2 aromatic carbocycles. The van der Waals surface area contributed by atoms with Crippen LogP contribution in [0.15, 0.2) is 60.9 Å². The van der Waals surface area contributed by atoms with E-state index in [0.29, 0.717) is 0 Å². The quantitative estimate of drug-likeness (QED) is 0.589. The number of halogens is 1. The summed E-state index contributed by atoms with van der Waals surface area (Å²) in [5.74, 6) is -1.12. The Kier molecular flexibility index (Phi) is 4.02. The highest BCUT2D eigenvalue weighted by Crippen LogP contribution is 2.19. The number of rotatable bonds is 4. The molecule has 1 N–H and O–H groups in total. The summed E-state index contributed by atoms with van der Waals surface area (Å²) < 4.78 is 15.5. The van der Waals surface area contributed by atoms with Crippen LogP contribution in [0, 0.1) is 15.9 Å². The van der Waals surface area contributed by atoms with Crippen LogP contribution in [0.4, 0.5) is 15.8 Å². The maximum atomic E-state index is 14.1. The van der Waals surface area contributed by atoms with E-state index in [2.05, 4.69) is 10.4 Å². The van der Waals surface area contributed by atoms with Gasteiger partial charge in [0, 0.05) is 35.8 Å². The number of nitro benzene ring substituents is 1. The fourth-order valence-corrected chi connectivity index (χ4v) is 2.15. The van der Waals surface area contributed by atoms with Gasteiger partial charge in [-0.1, -0.05) is 6.07 Å². The number of carbonyl (C=O) groups excluding carboxylic acids is 1. The molecule has 120 valence electrons. The van der Waals surface area contributed by atoms with E-state index in [4.69, 9.17) is 0 Å². The third-order valence-electron chi connectivity index (χ3n) is 3.28. The molecule has 0 bridgehead atoms. The standard InChI is InChI=1S/C16H11FN4O3/c17-14-10-12(5-6-15(14)20-8-2-7-18-20)19-16(22)11-3-1-4-13(9-11)21(23)24/h1-10H,(H,19,22). The van der Waals surface area contributed by atoms with Crippen LogP contribution in [0.2, 0.25) is 0 Å². The first kappa shape index (κ1) is 15.3. The van der Waals surface area contributed by atoms with Gasteiger partial charge in [0.1, 0.15) is 5.69 Å². The monoisotopic (exact) mass is 326 g/mol. The Hall–Kier alpha value is -3.55. The van der Waals surface area contributed by atoms with Crippen LogP contribution < -0.4 is 5.32 Å². The van der Waals surface area contributed by atoms with Gasteiger partial charge in [-0.25, -0.2) is 9.07 Å². The van der Waals surface area contributed by atoms with Crippen molar-refractivity contribution in [2.24, 2.45) is 0 Å². The molecule has 0 aliphatic carbocycles. The summed E-state index contributed by atoms with van der Waals surface area (Å²) in [4.78, 5) is 22.3. The van der Waals surface area contributed by atoms with Crippen molar-refractivity contribution in [2.45, 2.75) is 0 Å². The van der Waals surface area contributed by atoms with E-state index in [-0.39, 0.29) is 22.6 Å². The molecule has 1 heterocycles. The number of nitrogens with one attached hydrogen (secondary N) is 1. The maximum Gasteiger partial charge on any atom is 0.270 e. The summed E-state index contributed by atoms with van der Waals surface area (Å²) in [6.07, 6.45) is 3.12. The Morgan fingerprint density at radius 3 is 2.71 bits per heavy atom. The zero-order chi connectivity index (χ0) is 17.1. The van der Waals surface area contributed by atoms with Gasteiger partial charge in [-0.2, -0.15) is 5.10 Å². The van der Waals surface area contributed by atoms with Crippen molar-refractivity contribution in [1.82, 2.24) is 9.78 Å². The molecule has 0 saturated heterocycles. The molecular weight excluding hydrogens is 315 g/mol. The van der Waals surface area contributed by atoms with E-state index < -0.39 is 16.6 Å². The minimum atomic E-state index is -0.588. The van der Waals surface area contributed by atoms with Crippen molar-refractivity contribution in [3.8, 4) is 5.69 Å². The fraction of sp³-hybridized carbons (Fsp3) is 0. The third-order valence-corrected chi connectivity index (χ3v) is 3.28. The number of aromatic nitrogens is 2. The molecule has 0 radical (unpaired) electrons. The van der Waals surface area contributed by atoms with Gasteiger partial charge in [-0.3, -0.25) is 14.9 Å². The Labute approximate surface area is 135 Å². The van der Waals surface area contributed by atoms with Gasteiger partial charge in [0.05, 0.1) is 4.92 Å². The lowest BCUT2D eigenvalue weighted by atomic mass is 10.2. The van der Waals surface area contributed by atoms with Crippen LogP contribution in [-0.4, -0.2) is 20.6 Å². The largest absolute Gasteiger partial charge is 0.322 e. The van der Waals surface area contributed by atoms with Crippen molar-refractivity contribution < 1.29 is 14.1 Å². The predicted octanol–water partition coefficient (Wildman–Crippen LogP) is 3.17. The van der Waals surface area contributed by atoms with Crippen LogP contribution in [0.1, 0.15) is 10.4 Å². The molecular formula is C16H11FN4O3. The van der Waals surface area contributed by atoms with Crippen molar-refractivity contribution >= 4 is 17.3 Å². The predicted molar refractivity (Wildman–Crippen MR) is 84.6 cm³/mol. The summed E-state index contributed by atoms with van der Waals surface area (Å²) in [5.41, 5.74) is 0.400. The van der Waals surface area contributed by atoms with Gasteiger partial charge in [0.15, 0.2) is 5.82 Å². The van der Waals surface area contributed by atoms with E-state index in [1.807, 2.05) is 0 Å². The second-order valence-electron chi connectivity index (χ2n) is 4.88. The molecule has 0 aliphatic heterocycles. The molecule has 0 unspecified atom stereocenters. The molecule has 3 aromatic rings. The number of carbonyl (C=O) groups is 1. The lowest BCUT2D eigenvalue weighted by molar-refractivity contribution is -0.384. The molecule has 0 saturated carbocycles. The van der Waals surface area contributed by atoms with Crippen LogP contribution in [-0.2, 0) is 0 Å². The molecule has 24 heavy (non-hydrogen) atoms. The van der Waals surface area contributed by atoms with Crippen LogP contribution in [0.3, 0.4) is 0 Å². The van der Waals surface area contributed by atoms with Crippen molar-refractivity contribution in [2.75, 3.05) is 5.32 Å². The van der Waals surface area contributed by atoms with Gasteiger partial charge in [-0.05, 0) is 30.3 Å². The molecule has 1 amide bonds. The third kappa shape index (κ3) is 3.12. The first-order valence-corrected chi connectivity index (χ1v) is 6.90.